The molecule has 6 heteroatoms. The van der Waals surface area contributed by atoms with Gasteiger partial charge in [-0.2, -0.15) is 0 Å². The Morgan fingerprint density at radius 3 is 2.62 bits per heavy atom. The molecule has 3 N–H and O–H groups in total. The Balaban J connectivity index is 2.17. The van der Waals surface area contributed by atoms with Crippen LogP contribution in [-0.4, -0.2) is 14.5 Å². The van der Waals surface area contributed by atoms with Crippen LogP contribution >= 0.6 is 0 Å². The molecular weight excluding hydrogens is 302 g/mol. The molecule has 0 aliphatic carbocycles. The summed E-state index contributed by atoms with van der Waals surface area (Å²) in [4.78, 5) is 21.1. The van der Waals surface area contributed by atoms with E-state index in [-0.39, 0.29) is 5.56 Å². The molecule has 3 aromatic rings. The van der Waals surface area contributed by atoms with E-state index < -0.39 is 5.54 Å². The molecule has 0 bridgehead atoms. The average molecular weight is 323 g/mol. The lowest BCUT2D eigenvalue weighted by atomic mass is 9.96. The summed E-state index contributed by atoms with van der Waals surface area (Å²) in [6.07, 6.45) is 4.20. The predicted octanol–water partition coefficient (Wildman–Crippen LogP) is 2.65. The number of hydrogen-bond acceptors (Lipinski definition) is 5. The van der Waals surface area contributed by atoms with Crippen LogP contribution in [0.4, 0.5) is 11.4 Å². The molecule has 0 spiro atoms. The van der Waals surface area contributed by atoms with Crippen molar-refractivity contribution in [2.75, 3.05) is 11.1 Å². The number of benzene rings is 1. The molecule has 0 saturated heterocycles. The van der Waals surface area contributed by atoms with Crippen LogP contribution in [0.15, 0.2) is 47.5 Å². The maximum Gasteiger partial charge on any atom is 0.252 e. The standard InChI is InChI=1S/C18H21N5O/c1-4-18(2,17-20-8-5-9-21-17)22-14-11-16(24)23(3)15-7-6-12(19)10-13(14)15/h5-11,22H,4,19H2,1-3H3. The van der Waals surface area contributed by atoms with E-state index in [2.05, 4.69) is 22.2 Å². The second kappa shape index (κ2) is 5.96. The van der Waals surface area contributed by atoms with E-state index in [0.29, 0.717) is 11.5 Å². The quantitative estimate of drug-likeness (QED) is 0.721. The van der Waals surface area contributed by atoms with Gasteiger partial charge in [-0.25, -0.2) is 9.97 Å². The smallest absolute Gasteiger partial charge is 0.252 e. The lowest BCUT2D eigenvalue weighted by Crippen LogP contribution is -2.34. The van der Waals surface area contributed by atoms with Gasteiger partial charge < -0.3 is 15.6 Å². The normalized spacial score (nSPS) is 13.6. The number of pyridine rings is 1. The van der Waals surface area contributed by atoms with Gasteiger partial charge in [-0.1, -0.05) is 6.92 Å². The fourth-order valence-corrected chi connectivity index (χ4v) is 2.77. The topological polar surface area (TPSA) is 85.8 Å². The molecule has 0 aliphatic rings. The number of nitrogens with one attached hydrogen (secondary N) is 1. The third-order valence-corrected chi connectivity index (χ3v) is 4.45. The van der Waals surface area contributed by atoms with Gasteiger partial charge >= 0.3 is 0 Å². The minimum Gasteiger partial charge on any atom is -0.399 e. The second-order valence-corrected chi connectivity index (χ2v) is 6.11. The third-order valence-electron chi connectivity index (χ3n) is 4.45. The monoisotopic (exact) mass is 323 g/mol. The van der Waals surface area contributed by atoms with Crippen LogP contribution in [0.5, 0.6) is 0 Å². The van der Waals surface area contributed by atoms with E-state index in [1.54, 1.807) is 42.2 Å². The van der Waals surface area contributed by atoms with Crippen molar-refractivity contribution in [1.82, 2.24) is 14.5 Å². The number of hydrogen-bond donors (Lipinski definition) is 2. The highest BCUT2D eigenvalue weighted by Gasteiger charge is 2.28. The lowest BCUT2D eigenvalue weighted by Gasteiger charge is -2.30. The fraction of sp³-hybridized carbons (Fsp3) is 0.278. The highest BCUT2D eigenvalue weighted by Crippen LogP contribution is 2.31. The van der Waals surface area contributed by atoms with E-state index in [1.807, 2.05) is 19.1 Å². The van der Waals surface area contributed by atoms with Crippen LogP contribution in [0.25, 0.3) is 10.9 Å². The van der Waals surface area contributed by atoms with Gasteiger partial charge in [-0.3, -0.25) is 4.79 Å². The third kappa shape index (κ3) is 2.71. The van der Waals surface area contributed by atoms with Gasteiger partial charge in [-0.05, 0) is 37.6 Å². The van der Waals surface area contributed by atoms with Gasteiger partial charge in [0.05, 0.1) is 11.1 Å². The molecule has 0 aliphatic heterocycles. The van der Waals surface area contributed by atoms with Gasteiger partial charge in [-0.15, -0.1) is 0 Å². The highest BCUT2D eigenvalue weighted by molar-refractivity contribution is 5.93. The molecule has 1 aromatic carbocycles. The summed E-state index contributed by atoms with van der Waals surface area (Å²) in [5.41, 5.74) is 7.58. The summed E-state index contributed by atoms with van der Waals surface area (Å²) in [7, 11) is 1.75. The number of aromatic nitrogens is 3. The molecule has 2 heterocycles. The zero-order valence-electron chi connectivity index (χ0n) is 14.1. The first-order valence-electron chi connectivity index (χ1n) is 7.89. The maximum absolute atomic E-state index is 12.3. The summed E-state index contributed by atoms with van der Waals surface area (Å²) in [5.74, 6) is 0.685. The molecule has 1 atom stereocenters. The molecule has 124 valence electrons. The number of rotatable bonds is 4. The van der Waals surface area contributed by atoms with Crippen LogP contribution < -0.4 is 16.6 Å². The first kappa shape index (κ1) is 16.0. The first-order valence-corrected chi connectivity index (χ1v) is 7.89. The molecule has 0 amide bonds. The number of nitrogen functional groups attached to an aromatic ring is 1. The summed E-state index contributed by atoms with van der Waals surface area (Å²) in [6, 6.07) is 8.91. The van der Waals surface area contributed by atoms with Crippen molar-refractivity contribution >= 4 is 22.3 Å². The van der Waals surface area contributed by atoms with Crippen molar-refractivity contribution in [3.63, 3.8) is 0 Å². The van der Waals surface area contributed by atoms with E-state index in [9.17, 15) is 4.79 Å². The van der Waals surface area contributed by atoms with Crippen molar-refractivity contribution in [1.29, 1.82) is 0 Å². The summed E-state index contributed by atoms with van der Waals surface area (Å²) < 4.78 is 1.61. The molecule has 6 nitrogen and oxygen atoms in total. The van der Waals surface area contributed by atoms with Crippen molar-refractivity contribution in [2.24, 2.45) is 7.05 Å². The molecule has 0 saturated carbocycles. The molecule has 0 radical (unpaired) electrons. The lowest BCUT2D eigenvalue weighted by molar-refractivity contribution is 0.489. The van der Waals surface area contributed by atoms with Gasteiger partial charge in [0.15, 0.2) is 5.82 Å². The van der Waals surface area contributed by atoms with Crippen molar-refractivity contribution < 1.29 is 0 Å². The van der Waals surface area contributed by atoms with Crippen molar-refractivity contribution in [3.05, 3.63) is 58.9 Å². The maximum atomic E-state index is 12.3. The summed E-state index contributed by atoms with van der Waals surface area (Å²) in [6.45, 7) is 4.08. The van der Waals surface area contributed by atoms with Gasteiger partial charge in [0.25, 0.3) is 5.56 Å². The Bertz CT molecular complexity index is 935. The minimum atomic E-state index is -0.495. The SMILES string of the molecule is CCC(C)(Nc1cc(=O)n(C)c2ccc(N)cc12)c1ncccn1. The number of aryl methyl sites for hydroxylation is 1. The van der Waals surface area contributed by atoms with Gasteiger partial charge in [0, 0.05) is 42.3 Å². The minimum absolute atomic E-state index is 0.0813. The zero-order chi connectivity index (χ0) is 17.3. The predicted molar refractivity (Wildman–Crippen MR) is 96.9 cm³/mol. The van der Waals surface area contributed by atoms with E-state index in [0.717, 1.165) is 23.0 Å². The zero-order valence-corrected chi connectivity index (χ0v) is 14.1. The molecule has 2 aromatic heterocycles. The Morgan fingerprint density at radius 1 is 1.25 bits per heavy atom. The molecular formula is C18H21N5O. The van der Waals surface area contributed by atoms with E-state index >= 15 is 0 Å². The van der Waals surface area contributed by atoms with E-state index in [1.165, 1.54) is 0 Å². The van der Waals surface area contributed by atoms with E-state index in [4.69, 9.17) is 5.73 Å². The summed E-state index contributed by atoms with van der Waals surface area (Å²) >= 11 is 0. The Kier molecular flexibility index (Phi) is 3.97. The molecule has 1 unspecified atom stereocenters. The number of fused-ring (bicyclic) bond motifs is 1. The number of nitrogens with two attached hydrogens (primary N) is 1. The fourth-order valence-electron chi connectivity index (χ4n) is 2.77. The van der Waals surface area contributed by atoms with Crippen molar-refractivity contribution in [2.45, 2.75) is 25.8 Å². The number of anilines is 2. The number of nitrogens with zero attached hydrogens (tertiary/aromatic N) is 3. The highest BCUT2D eigenvalue weighted by atomic mass is 16.1. The Morgan fingerprint density at radius 2 is 1.96 bits per heavy atom. The van der Waals surface area contributed by atoms with Gasteiger partial charge in [0.1, 0.15) is 0 Å². The molecule has 3 rings (SSSR count). The van der Waals surface area contributed by atoms with Crippen LogP contribution in [0.3, 0.4) is 0 Å². The Labute approximate surface area is 140 Å². The van der Waals surface area contributed by atoms with Crippen LogP contribution in [0.2, 0.25) is 0 Å². The molecule has 24 heavy (non-hydrogen) atoms. The average Bonchev–Trinajstić information content (AvgIpc) is 2.60. The van der Waals surface area contributed by atoms with Crippen LogP contribution in [0, 0.1) is 0 Å². The van der Waals surface area contributed by atoms with Crippen LogP contribution in [-0.2, 0) is 12.6 Å². The first-order chi connectivity index (χ1) is 11.4. The Hall–Kier alpha value is -2.89. The van der Waals surface area contributed by atoms with Crippen molar-refractivity contribution in [3.8, 4) is 0 Å². The second-order valence-electron chi connectivity index (χ2n) is 6.11. The van der Waals surface area contributed by atoms with Gasteiger partial charge in [0.2, 0.25) is 0 Å². The summed E-state index contributed by atoms with van der Waals surface area (Å²) in [5, 5.41) is 4.36. The largest absolute Gasteiger partial charge is 0.399 e. The molecule has 0 fully saturated rings. The van der Waals surface area contributed by atoms with Crippen LogP contribution in [0.1, 0.15) is 26.1 Å².